The molecule has 1 atom stereocenters. The fraction of sp³-hybridized carbons (Fsp3) is 0.125. The van der Waals surface area contributed by atoms with Gasteiger partial charge in [0.05, 0.1) is 11.1 Å². The molecule has 0 saturated carbocycles. The number of aliphatic hydroxyl groups excluding tert-OH is 1. The highest BCUT2D eigenvalue weighted by molar-refractivity contribution is 7.17. The summed E-state index contributed by atoms with van der Waals surface area (Å²) in [5.41, 5.74) is 1.49. The summed E-state index contributed by atoms with van der Waals surface area (Å²) >= 11 is 7.53. The molecule has 0 aliphatic carbocycles. The van der Waals surface area contributed by atoms with Crippen molar-refractivity contribution in [3.05, 3.63) is 69.8 Å². The van der Waals surface area contributed by atoms with Gasteiger partial charge in [0.2, 0.25) is 0 Å². The van der Waals surface area contributed by atoms with Crippen molar-refractivity contribution >= 4 is 33.0 Å². The lowest BCUT2D eigenvalue weighted by atomic mass is 10.0. The highest BCUT2D eigenvalue weighted by Gasteiger charge is 2.16. The number of hydrogen-bond acceptors (Lipinski definition) is 2. The molecule has 0 fully saturated rings. The van der Waals surface area contributed by atoms with E-state index in [0.29, 0.717) is 12.0 Å². The summed E-state index contributed by atoms with van der Waals surface area (Å²) in [5.74, 6) is -0.452. The van der Waals surface area contributed by atoms with Gasteiger partial charge in [0.15, 0.2) is 0 Å². The van der Waals surface area contributed by atoms with Crippen molar-refractivity contribution < 1.29 is 9.50 Å². The van der Waals surface area contributed by atoms with Crippen LogP contribution in [0.15, 0.2) is 47.8 Å². The van der Waals surface area contributed by atoms with Crippen LogP contribution >= 0.6 is 22.9 Å². The maximum absolute atomic E-state index is 13.4. The molecule has 0 aliphatic rings. The van der Waals surface area contributed by atoms with Crippen LogP contribution in [0.25, 0.3) is 10.1 Å². The van der Waals surface area contributed by atoms with E-state index < -0.39 is 11.9 Å². The molecule has 1 aromatic heterocycles. The third kappa shape index (κ3) is 2.44. The van der Waals surface area contributed by atoms with E-state index in [4.69, 9.17) is 11.6 Å². The zero-order chi connectivity index (χ0) is 14.1. The Balaban J connectivity index is 1.93. The fourth-order valence-electron chi connectivity index (χ4n) is 2.28. The van der Waals surface area contributed by atoms with Gasteiger partial charge in [-0.15, -0.1) is 11.3 Å². The Morgan fingerprint density at radius 2 is 1.95 bits per heavy atom. The van der Waals surface area contributed by atoms with Crippen molar-refractivity contribution in [2.45, 2.75) is 12.5 Å². The maximum atomic E-state index is 13.4. The summed E-state index contributed by atoms with van der Waals surface area (Å²) in [6.07, 6.45) is -0.387. The van der Waals surface area contributed by atoms with E-state index in [2.05, 4.69) is 0 Å². The van der Waals surface area contributed by atoms with Crippen molar-refractivity contribution in [1.29, 1.82) is 0 Å². The summed E-state index contributed by atoms with van der Waals surface area (Å²) in [7, 11) is 0. The second-order valence-corrected chi connectivity index (χ2v) is 5.91. The maximum Gasteiger partial charge on any atom is 0.142 e. The summed E-state index contributed by atoms with van der Waals surface area (Å²) in [5, 5.41) is 13.5. The molecular formula is C16H12ClFOS. The summed E-state index contributed by atoms with van der Waals surface area (Å²) in [4.78, 5) is 0. The second-order valence-electron chi connectivity index (χ2n) is 4.62. The summed E-state index contributed by atoms with van der Waals surface area (Å²) < 4.78 is 14.5. The minimum Gasteiger partial charge on any atom is -0.388 e. The molecule has 20 heavy (non-hydrogen) atoms. The van der Waals surface area contributed by atoms with Crippen LogP contribution in [0.1, 0.15) is 17.2 Å². The molecule has 1 N–H and O–H groups in total. The summed E-state index contributed by atoms with van der Waals surface area (Å²) in [6, 6.07) is 12.6. The smallest absolute Gasteiger partial charge is 0.142 e. The third-order valence-electron chi connectivity index (χ3n) is 3.31. The lowest BCUT2D eigenvalue weighted by molar-refractivity contribution is 0.180. The van der Waals surface area contributed by atoms with Crippen LogP contribution in [0.5, 0.6) is 0 Å². The fourth-order valence-corrected chi connectivity index (χ4v) is 3.49. The summed E-state index contributed by atoms with van der Waals surface area (Å²) in [6.45, 7) is 0. The van der Waals surface area contributed by atoms with Crippen molar-refractivity contribution in [3.8, 4) is 0 Å². The number of fused-ring (bicyclic) bond motifs is 1. The molecule has 1 unspecified atom stereocenters. The number of halogens is 2. The number of rotatable bonds is 3. The molecule has 102 valence electrons. The van der Waals surface area contributed by atoms with Crippen LogP contribution in [0, 0.1) is 5.82 Å². The van der Waals surface area contributed by atoms with E-state index in [1.807, 2.05) is 29.6 Å². The van der Waals surface area contributed by atoms with Gasteiger partial charge in [-0.25, -0.2) is 4.39 Å². The van der Waals surface area contributed by atoms with Crippen LogP contribution in [0.4, 0.5) is 4.39 Å². The predicted octanol–water partition coefficient (Wildman–Crippen LogP) is 4.97. The van der Waals surface area contributed by atoms with Gasteiger partial charge in [-0.3, -0.25) is 0 Å². The molecule has 0 saturated heterocycles. The molecule has 2 aromatic carbocycles. The first-order valence-corrected chi connectivity index (χ1v) is 7.49. The van der Waals surface area contributed by atoms with Gasteiger partial charge in [-0.05, 0) is 34.0 Å². The molecule has 3 aromatic rings. The molecule has 3 rings (SSSR count). The van der Waals surface area contributed by atoms with E-state index in [-0.39, 0.29) is 5.02 Å². The van der Waals surface area contributed by atoms with E-state index in [1.165, 1.54) is 6.07 Å². The molecule has 1 nitrogen and oxygen atoms in total. The number of aliphatic hydroxyl groups is 1. The van der Waals surface area contributed by atoms with Crippen molar-refractivity contribution in [2.75, 3.05) is 0 Å². The van der Waals surface area contributed by atoms with Gasteiger partial charge in [0.1, 0.15) is 5.82 Å². The molecular weight excluding hydrogens is 295 g/mol. The minimum atomic E-state index is -0.689. The quantitative estimate of drug-likeness (QED) is 0.724. The van der Waals surface area contributed by atoms with Crippen LogP contribution in [-0.4, -0.2) is 5.11 Å². The molecule has 1 heterocycles. The monoisotopic (exact) mass is 306 g/mol. The van der Waals surface area contributed by atoms with Crippen LogP contribution < -0.4 is 0 Å². The Morgan fingerprint density at radius 3 is 2.80 bits per heavy atom. The van der Waals surface area contributed by atoms with Crippen LogP contribution in [0.3, 0.4) is 0 Å². The lowest BCUT2D eigenvalue weighted by Crippen LogP contribution is -2.02. The largest absolute Gasteiger partial charge is 0.388 e. The number of thiophene rings is 1. The second kappa shape index (κ2) is 5.52. The first-order valence-electron chi connectivity index (χ1n) is 6.24. The Kier molecular flexibility index (Phi) is 3.74. The van der Waals surface area contributed by atoms with Gasteiger partial charge in [-0.2, -0.15) is 0 Å². The molecule has 0 radical (unpaired) electrons. The topological polar surface area (TPSA) is 20.2 Å². The average molecular weight is 307 g/mol. The van der Waals surface area contributed by atoms with Gasteiger partial charge in [0.25, 0.3) is 0 Å². The highest BCUT2D eigenvalue weighted by atomic mass is 35.5. The van der Waals surface area contributed by atoms with E-state index in [0.717, 1.165) is 15.6 Å². The predicted molar refractivity (Wildman–Crippen MR) is 81.9 cm³/mol. The molecule has 0 aliphatic heterocycles. The third-order valence-corrected chi connectivity index (χ3v) is 4.72. The van der Waals surface area contributed by atoms with Gasteiger partial charge >= 0.3 is 0 Å². The van der Waals surface area contributed by atoms with E-state index in [9.17, 15) is 9.50 Å². The van der Waals surface area contributed by atoms with Gasteiger partial charge in [-0.1, -0.05) is 41.9 Å². The Bertz CT molecular complexity index is 753. The molecule has 0 bridgehead atoms. The van der Waals surface area contributed by atoms with E-state index >= 15 is 0 Å². The first kappa shape index (κ1) is 13.6. The Labute approximate surface area is 125 Å². The highest BCUT2D eigenvalue weighted by Crippen LogP contribution is 2.33. The van der Waals surface area contributed by atoms with Gasteiger partial charge < -0.3 is 5.11 Å². The van der Waals surface area contributed by atoms with Crippen molar-refractivity contribution in [1.82, 2.24) is 0 Å². The van der Waals surface area contributed by atoms with Gasteiger partial charge in [0, 0.05) is 11.1 Å². The SMILES string of the molecule is OC(Cc1cccc(F)c1Cl)c1csc2ccccc12. The van der Waals surface area contributed by atoms with Crippen LogP contribution in [-0.2, 0) is 6.42 Å². The molecule has 4 heteroatoms. The zero-order valence-electron chi connectivity index (χ0n) is 10.5. The normalized spacial score (nSPS) is 12.8. The van der Waals surface area contributed by atoms with Crippen LogP contribution in [0.2, 0.25) is 5.02 Å². The number of hydrogen-bond donors (Lipinski definition) is 1. The average Bonchev–Trinajstić information content (AvgIpc) is 2.88. The Hall–Kier alpha value is -1.42. The lowest BCUT2D eigenvalue weighted by Gasteiger charge is -2.11. The minimum absolute atomic E-state index is 0.0890. The van der Waals surface area contributed by atoms with Crippen molar-refractivity contribution in [3.63, 3.8) is 0 Å². The van der Waals surface area contributed by atoms with E-state index in [1.54, 1.807) is 23.5 Å². The standard InChI is InChI=1S/C16H12ClFOS/c17-16-10(4-3-6-13(16)18)8-14(19)12-9-20-15-7-2-1-5-11(12)15/h1-7,9,14,19H,8H2. The number of benzene rings is 2. The Morgan fingerprint density at radius 1 is 1.15 bits per heavy atom. The molecule has 0 amide bonds. The zero-order valence-corrected chi connectivity index (χ0v) is 12.1. The molecule has 0 spiro atoms. The van der Waals surface area contributed by atoms with Crippen molar-refractivity contribution in [2.24, 2.45) is 0 Å². The first-order chi connectivity index (χ1) is 9.66.